The molecule has 0 heterocycles. The van der Waals surface area contributed by atoms with Crippen LogP contribution in [0.2, 0.25) is 0 Å². The SMILES string of the molecule is ClC1(Oc2ccccc2)CC1. The van der Waals surface area contributed by atoms with Crippen LogP contribution in [0.5, 0.6) is 5.75 Å². The molecule has 11 heavy (non-hydrogen) atoms. The van der Waals surface area contributed by atoms with Crippen LogP contribution in [-0.4, -0.2) is 5.06 Å². The van der Waals surface area contributed by atoms with Gasteiger partial charge in [0, 0.05) is 12.8 Å². The predicted molar refractivity (Wildman–Crippen MR) is 44.9 cm³/mol. The van der Waals surface area contributed by atoms with Crippen LogP contribution >= 0.6 is 11.6 Å². The van der Waals surface area contributed by atoms with Gasteiger partial charge in [0.05, 0.1) is 0 Å². The zero-order valence-corrected chi connectivity index (χ0v) is 6.84. The van der Waals surface area contributed by atoms with Gasteiger partial charge in [0.2, 0.25) is 0 Å². The molecule has 1 aliphatic carbocycles. The lowest BCUT2D eigenvalue weighted by molar-refractivity contribution is 0.264. The zero-order valence-electron chi connectivity index (χ0n) is 6.09. The first kappa shape index (κ1) is 6.99. The Kier molecular flexibility index (Phi) is 1.53. The van der Waals surface area contributed by atoms with Gasteiger partial charge in [0.25, 0.3) is 0 Å². The van der Waals surface area contributed by atoms with Gasteiger partial charge in [0.15, 0.2) is 5.06 Å². The molecule has 1 saturated carbocycles. The Morgan fingerprint density at radius 1 is 1.18 bits per heavy atom. The van der Waals surface area contributed by atoms with Gasteiger partial charge in [-0.3, -0.25) is 0 Å². The van der Waals surface area contributed by atoms with Gasteiger partial charge in [-0.25, -0.2) is 0 Å². The Bertz CT molecular complexity index is 241. The first-order valence-electron chi connectivity index (χ1n) is 3.72. The van der Waals surface area contributed by atoms with Crippen LogP contribution in [0.3, 0.4) is 0 Å². The quantitative estimate of drug-likeness (QED) is 0.617. The molecule has 0 spiro atoms. The van der Waals surface area contributed by atoms with E-state index in [1.807, 2.05) is 30.3 Å². The minimum absolute atomic E-state index is 0.374. The fraction of sp³-hybridized carbons (Fsp3) is 0.333. The summed E-state index contributed by atoms with van der Waals surface area (Å²) in [6.45, 7) is 0. The van der Waals surface area contributed by atoms with E-state index in [0.717, 1.165) is 18.6 Å². The number of alkyl halides is 1. The molecular weight excluding hydrogens is 160 g/mol. The van der Waals surface area contributed by atoms with Crippen molar-refractivity contribution in [2.24, 2.45) is 0 Å². The monoisotopic (exact) mass is 168 g/mol. The topological polar surface area (TPSA) is 9.23 Å². The van der Waals surface area contributed by atoms with Crippen molar-refractivity contribution in [1.82, 2.24) is 0 Å². The number of rotatable bonds is 2. The third-order valence-electron chi connectivity index (χ3n) is 1.69. The lowest BCUT2D eigenvalue weighted by Crippen LogP contribution is -2.07. The third kappa shape index (κ3) is 1.66. The molecule has 0 N–H and O–H groups in total. The molecule has 1 fully saturated rings. The normalized spacial score (nSPS) is 19.4. The molecule has 0 aliphatic heterocycles. The lowest BCUT2D eigenvalue weighted by Gasteiger charge is -2.09. The molecule has 58 valence electrons. The highest BCUT2D eigenvalue weighted by molar-refractivity contribution is 6.24. The standard InChI is InChI=1S/C9H9ClO/c10-9(6-7-9)11-8-4-2-1-3-5-8/h1-5H,6-7H2. The molecule has 0 amide bonds. The minimum Gasteiger partial charge on any atom is -0.472 e. The zero-order chi connectivity index (χ0) is 7.73. The van der Waals surface area contributed by atoms with E-state index >= 15 is 0 Å². The molecule has 0 bridgehead atoms. The second-order valence-electron chi connectivity index (χ2n) is 2.80. The maximum atomic E-state index is 5.96. The van der Waals surface area contributed by atoms with Gasteiger partial charge in [-0.1, -0.05) is 29.8 Å². The minimum atomic E-state index is -0.374. The van der Waals surface area contributed by atoms with Crippen LogP contribution in [0.25, 0.3) is 0 Å². The average molecular weight is 169 g/mol. The maximum absolute atomic E-state index is 5.96. The Hall–Kier alpha value is -0.690. The average Bonchev–Trinajstić information content (AvgIpc) is 2.70. The first-order chi connectivity index (χ1) is 5.29. The molecule has 1 aromatic carbocycles. The summed E-state index contributed by atoms with van der Waals surface area (Å²) < 4.78 is 5.48. The van der Waals surface area contributed by atoms with Crippen molar-refractivity contribution in [3.63, 3.8) is 0 Å². The van der Waals surface area contributed by atoms with E-state index in [1.165, 1.54) is 0 Å². The van der Waals surface area contributed by atoms with Crippen LogP contribution in [0, 0.1) is 0 Å². The number of hydrogen-bond donors (Lipinski definition) is 0. The second-order valence-corrected chi connectivity index (χ2v) is 3.49. The largest absolute Gasteiger partial charge is 0.472 e. The fourth-order valence-corrected chi connectivity index (χ4v) is 1.08. The van der Waals surface area contributed by atoms with Crippen molar-refractivity contribution in [3.8, 4) is 5.75 Å². The fourth-order valence-electron chi connectivity index (χ4n) is 0.900. The number of benzene rings is 1. The van der Waals surface area contributed by atoms with Gasteiger partial charge in [-0.05, 0) is 12.1 Å². The second kappa shape index (κ2) is 2.42. The summed E-state index contributed by atoms with van der Waals surface area (Å²) in [4.78, 5) is 0. The van der Waals surface area contributed by atoms with Gasteiger partial charge in [-0.2, -0.15) is 0 Å². The van der Waals surface area contributed by atoms with E-state index < -0.39 is 0 Å². The number of ether oxygens (including phenoxy) is 1. The third-order valence-corrected chi connectivity index (χ3v) is 2.14. The van der Waals surface area contributed by atoms with Crippen LogP contribution in [0.1, 0.15) is 12.8 Å². The Morgan fingerprint density at radius 2 is 1.82 bits per heavy atom. The lowest BCUT2D eigenvalue weighted by atomic mass is 10.3. The summed E-state index contributed by atoms with van der Waals surface area (Å²) in [6, 6.07) is 9.68. The number of hydrogen-bond acceptors (Lipinski definition) is 1. The number of para-hydroxylation sites is 1. The summed E-state index contributed by atoms with van der Waals surface area (Å²) in [5, 5.41) is -0.374. The predicted octanol–water partition coefficient (Wildman–Crippen LogP) is 2.79. The van der Waals surface area contributed by atoms with Crippen LogP contribution < -0.4 is 4.74 Å². The molecule has 1 nitrogen and oxygen atoms in total. The molecule has 1 aliphatic rings. The molecule has 0 atom stereocenters. The van der Waals surface area contributed by atoms with Crippen molar-refractivity contribution in [1.29, 1.82) is 0 Å². The van der Waals surface area contributed by atoms with Crippen molar-refractivity contribution < 1.29 is 4.74 Å². The van der Waals surface area contributed by atoms with Crippen molar-refractivity contribution in [3.05, 3.63) is 30.3 Å². The summed E-state index contributed by atoms with van der Waals surface area (Å²) in [5.74, 6) is 0.861. The van der Waals surface area contributed by atoms with Crippen molar-refractivity contribution in [2.45, 2.75) is 17.9 Å². The van der Waals surface area contributed by atoms with E-state index in [1.54, 1.807) is 0 Å². The maximum Gasteiger partial charge on any atom is 0.182 e. The highest BCUT2D eigenvalue weighted by Gasteiger charge is 2.43. The molecule has 2 rings (SSSR count). The van der Waals surface area contributed by atoms with Gasteiger partial charge in [-0.15, -0.1) is 0 Å². The van der Waals surface area contributed by atoms with E-state index in [-0.39, 0.29) is 5.06 Å². The molecule has 0 aromatic heterocycles. The van der Waals surface area contributed by atoms with Crippen molar-refractivity contribution in [2.75, 3.05) is 0 Å². The van der Waals surface area contributed by atoms with E-state index in [9.17, 15) is 0 Å². The summed E-state index contributed by atoms with van der Waals surface area (Å²) in [7, 11) is 0. The first-order valence-corrected chi connectivity index (χ1v) is 4.09. The van der Waals surface area contributed by atoms with Gasteiger partial charge in [0.1, 0.15) is 5.75 Å². The molecule has 0 saturated heterocycles. The Balaban J connectivity index is 2.07. The summed E-state index contributed by atoms with van der Waals surface area (Å²) in [5.41, 5.74) is 0. The van der Waals surface area contributed by atoms with Crippen LogP contribution in [0.4, 0.5) is 0 Å². The van der Waals surface area contributed by atoms with Gasteiger partial charge >= 0.3 is 0 Å². The van der Waals surface area contributed by atoms with E-state index in [4.69, 9.17) is 16.3 Å². The van der Waals surface area contributed by atoms with Crippen LogP contribution in [0.15, 0.2) is 30.3 Å². The highest BCUT2D eigenvalue weighted by Crippen LogP contribution is 2.43. The summed E-state index contributed by atoms with van der Waals surface area (Å²) in [6.07, 6.45) is 1.92. The van der Waals surface area contributed by atoms with Crippen LogP contribution in [-0.2, 0) is 0 Å². The highest BCUT2D eigenvalue weighted by atomic mass is 35.5. The molecule has 2 heteroatoms. The Labute approximate surface area is 70.9 Å². The molecular formula is C9H9ClO. The van der Waals surface area contributed by atoms with Crippen molar-refractivity contribution >= 4 is 11.6 Å². The molecule has 0 radical (unpaired) electrons. The molecule has 1 aromatic rings. The van der Waals surface area contributed by atoms with Gasteiger partial charge < -0.3 is 4.74 Å². The van der Waals surface area contributed by atoms with E-state index in [0.29, 0.717) is 0 Å². The number of halogens is 1. The Morgan fingerprint density at radius 3 is 2.36 bits per heavy atom. The smallest absolute Gasteiger partial charge is 0.182 e. The molecule has 0 unspecified atom stereocenters. The van der Waals surface area contributed by atoms with E-state index in [2.05, 4.69) is 0 Å². The summed E-state index contributed by atoms with van der Waals surface area (Å²) >= 11 is 5.96.